The lowest BCUT2D eigenvalue weighted by Gasteiger charge is -2.10. The Hall–Kier alpha value is -1.59. The van der Waals surface area contributed by atoms with E-state index >= 15 is 0 Å². The van der Waals surface area contributed by atoms with Crippen molar-refractivity contribution >= 4 is 33.5 Å². The molecule has 19 heavy (non-hydrogen) atoms. The molecule has 0 aliphatic heterocycles. The third-order valence-corrected chi connectivity index (χ3v) is 3.05. The van der Waals surface area contributed by atoms with Crippen molar-refractivity contribution in [3.8, 4) is 11.5 Å². The number of aromatic nitrogens is 1. The standard InChI is InChI=1S/C13H9BrClNO3/c1-7-4-9(15)2-3-10(7)19-11-5-8(14)6-16-12(11)13(17)18/h2-6H,1H3,(H,17,18). The van der Waals surface area contributed by atoms with Crippen molar-refractivity contribution in [2.45, 2.75) is 6.92 Å². The first-order valence-corrected chi connectivity index (χ1v) is 6.47. The van der Waals surface area contributed by atoms with Crippen molar-refractivity contribution in [1.29, 1.82) is 0 Å². The van der Waals surface area contributed by atoms with Gasteiger partial charge in [0.1, 0.15) is 5.75 Å². The van der Waals surface area contributed by atoms with Crippen LogP contribution in [0, 0.1) is 6.92 Å². The van der Waals surface area contributed by atoms with E-state index in [1.165, 1.54) is 6.20 Å². The van der Waals surface area contributed by atoms with E-state index in [9.17, 15) is 4.79 Å². The van der Waals surface area contributed by atoms with Gasteiger partial charge in [0.15, 0.2) is 11.4 Å². The van der Waals surface area contributed by atoms with Gasteiger partial charge in [-0.15, -0.1) is 0 Å². The zero-order valence-electron chi connectivity index (χ0n) is 9.85. The van der Waals surface area contributed by atoms with Gasteiger partial charge in [0, 0.05) is 15.7 Å². The van der Waals surface area contributed by atoms with Gasteiger partial charge in [-0.1, -0.05) is 11.6 Å². The topological polar surface area (TPSA) is 59.4 Å². The third-order valence-electron chi connectivity index (χ3n) is 2.38. The summed E-state index contributed by atoms with van der Waals surface area (Å²) in [6.07, 6.45) is 1.41. The van der Waals surface area contributed by atoms with Crippen LogP contribution in [0.2, 0.25) is 5.02 Å². The van der Waals surface area contributed by atoms with Crippen LogP contribution >= 0.6 is 27.5 Å². The van der Waals surface area contributed by atoms with Crippen LogP contribution in [0.5, 0.6) is 11.5 Å². The SMILES string of the molecule is Cc1cc(Cl)ccc1Oc1cc(Br)cnc1C(=O)O. The first-order valence-electron chi connectivity index (χ1n) is 5.30. The van der Waals surface area contributed by atoms with E-state index in [2.05, 4.69) is 20.9 Å². The Labute approximate surface area is 123 Å². The smallest absolute Gasteiger partial charge is 0.358 e. The molecule has 0 saturated heterocycles. The van der Waals surface area contributed by atoms with Gasteiger partial charge in [-0.25, -0.2) is 9.78 Å². The molecule has 0 spiro atoms. The Morgan fingerprint density at radius 1 is 1.37 bits per heavy atom. The summed E-state index contributed by atoms with van der Waals surface area (Å²) in [5.74, 6) is -0.437. The van der Waals surface area contributed by atoms with E-state index in [1.807, 2.05) is 6.92 Å². The number of aryl methyl sites for hydroxylation is 1. The molecule has 0 aliphatic rings. The molecular weight excluding hydrogens is 334 g/mol. The summed E-state index contributed by atoms with van der Waals surface area (Å²) < 4.78 is 6.24. The first kappa shape index (κ1) is 13.8. The average molecular weight is 343 g/mol. The van der Waals surface area contributed by atoms with Crippen LogP contribution in [-0.4, -0.2) is 16.1 Å². The number of benzene rings is 1. The Morgan fingerprint density at radius 2 is 2.11 bits per heavy atom. The van der Waals surface area contributed by atoms with Crippen LogP contribution in [0.3, 0.4) is 0 Å². The van der Waals surface area contributed by atoms with Crippen LogP contribution in [0.1, 0.15) is 16.1 Å². The molecule has 1 N–H and O–H groups in total. The summed E-state index contributed by atoms with van der Waals surface area (Å²) in [6, 6.07) is 6.66. The van der Waals surface area contributed by atoms with Gasteiger partial charge in [0.2, 0.25) is 0 Å². The lowest BCUT2D eigenvalue weighted by atomic mass is 10.2. The maximum atomic E-state index is 11.1. The molecule has 2 aromatic rings. The number of halogens is 2. The molecule has 2 rings (SSSR count). The van der Waals surface area contributed by atoms with Gasteiger partial charge in [-0.05, 0) is 52.7 Å². The molecule has 1 heterocycles. The van der Waals surface area contributed by atoms with Crippen molar-refractivity contribution in [3.63, 3.8) is 0 Å². The second kappa shape index (κ2) is 5.59. The van der Waals surface area contributed by atoms with Crippen LogP contribution in [0.15, 0.2) is 34.9 Å². The molecule has 0 unspecified atom stereocenters. The molecule has 0 atom stereocenters. The van der Waals surface area contributed by atoms with E-state index in [1.54, 1.807) is 24.3 Å². The van der Waals surface area contributed by atoms with Crippen LogP contribution in [0.4, 0.5) is 0 Å². The van der Waals surface area contributed by atoms with E-state index in [-0.39, 0.29) is 11.4 Å². The minimum absolute atomic E-state index is 0.141. The maximum absolute atomic E-state index is 11.1. The van der Waals surface area contributed by atoms with Gasteiger partial charge in [-0.2, -0.15) is 0 Å². The molecule has 4 nitrogen and oxygen atoms in total. The number of carboxylic acids is 1. The monoisotopic (exact) mass is 341 g/mol. The van der Waals surface area contributed by atoms with E-state index in [4.69, 9.17) is 21.4 Å². The Morgan fingerprint density at radius 3 is 2.74 bits per heavy atom. The third kappa shape index (κ3) is 3.24. The highest BCUT2D eigenvalue weighted by molar-refractivity contribution is 9.10. The first-order chi connectivity index (χ1) is 8.97. The molecule has 98 valence electrons. The van der Waals surface area contributed by atoms with Crippen molar-refractivity contribution in [1.82, 2.24) is 4.98 Å². The number of hydrogen-bond donors (Lipinski definition) is 1. The Kier molecular flexibility index (Phi) is 4.07. The number of ether oxygens (including phenoxy) is 1. The van der Waals surface area contributed by atoms with Gasteiger partial charge in [0.05, 0.1) is 0 Å². The lowest BCUT2D eigenvalue weighted by Crippen LogP contribution is -2.03. The fourth-order valence-corrected chi connectivity index (χ4v) is 2.04. The Bertz CT molecular complexity index is 646. The highest BCUT2D eigenvalue weighted by Gasteiger charge is 2.15. The molecule has 0 saturated carbocycles. The zero-order valence-corrected chi connectivity index (χ0v) is 12.2. The van der Waals surface area contributed by atoms with Gasteiger partial charge in [0.25, 0.3) is 0 Å². The van der Waals surface area contributed by atoms with Gasteiger partial charge >= 0.3 is 5.97 Å². The highest BCUT2D eigenvalue weighted by atomic mass is 79.9. The number of carboxylic acid groups (broad SMARTS) is 1. The van der Waals surface area contributed by atoms with Crippen molar-refractivity contribution in [3.05, 3.63) is 51.2 Å². The summed E-state index contributed by atoms with van der Waals surface area (Å²) in [7, 11) is 0. The minimum Gasteiger partial charge on any atom is -0.476 e. The van der Waals surface area contributed by atoms with Gasteiger partial charge in [-0.3, -0.25) is 0 Å². The molecular formula is C13H9BrClNO3. The molecule has 1 aromatic carbocycles. The number of pyridine rings is 1. The van der Waals surface area contributed by atoms with E-state index < -0.39 is 5.97 Å². The molecule has 1 aromatic heterocycles. The molecule has 0 bridgehead atoms. The van der Waals surface area contributed by atoms with Crippen LogP contribution in [0.25, 0.3) is 0 Å². The predicted molar refractivity (Wildman–Crippen MR) is 75.2 cm³/mol. The molecule has 0 amide bonds. The molecule has 0 radical (unpaired) electrons. The van der Waals surface area contributed by atoms with Crippen molar-refractivity contribution in [2.75, 3.05) is 0 Å². The van der Waals surface area contributed by atoms with Crippen LogP contribution in [-0.2, 0) is 0 Å². The normalized spacial score (nSPS) is 10.3. The highest BCUT2D eigenvalue weighted by Crippen LogP contribution is 2.30. The summed E-state index contributed by atoms with van der Waals surface area (Å²) in [5.41, 5.74) is 0.668. The van der Waals surface area contributed by atoms with Crippen molar-refractivity contribution < 1.29 is 14.6 Å². The predicted octanol–water partition coefficient (Wildman–Crippen LogP) is 4.30. The summed E-state index contributed by atoms with van der Waals surface area (Å²) in [6.45, 7) is 1.83. The molecule has 0 aliphatic carbocycles. The second-order valence-electron chi connectivity index (χ2n) is 3.82. The van der Waals surface area contributed by atoms with Gasteiger partial charge < -0.3 is 9.84 Å². The zero-order chi connectivity index (χ0) is 14.0. The number of rotatable bonds is 3. The fraction of sp³-hybridized carbons (Fsp3) is 0.0769. The lowest BCUT2D eigenvalue weighted by molar-refractivity contribution is 0.0687. The summed E-state index contributed by atoms with van der Waals surface area (Å²) in [4.78, 5) is 14.9. The summed E-state index contributed by atoms with van der Waals surface area (Å²) in [5, 5.41) is 9.66. The van der Waals surface area contributed by atoms with Crippen molar-refractivity contribution in [2.24, 2.45) is 0 Å². The summed E-state index contributed by atoms with van der Waals surface area (Å²) >= 11 is 9.09. The van der Waals surface area contributed by atoms with E-state index in [0.717, 1.165) is 5.56 Å². The minimum atomic E-state index is -1.14. The number of hydrogen-bond acceptors (Lipinski definition) is 3. The Balaban J connectivity index is 2.42. The average Bonchev–Trinajstić information content (AvgIpc) is 2.32. The quantitative estimate of drug-likeness (QED) is 0.903. The van der Waals surface area contributed by atoms with Crippen LogP contribution < -0.4 is 4.74 Å². The number of carbonyl (C=O) groups is 1. The number of aromatic carboxylic acids is 1. The largest absolute Gasteiger partial charge is 0.476 e. The maximum Gasteiger partial charge on any atom is 0.358 e. The van der Waals surface area contributed by atoms with E-state index in [0.29, 0.717) is 15.2 Å². The molecule has 6 heteroatoms. The molecule has 0 fully saturated rings. The second-order valence-corrected chi connectivity index (χ2v) is 5.17. The number of nitrogens with zero attached hydrogens (tertiary/aromatic N) is 1. The fourth-order valence-electron chi connectivity index (χ4n) is 1.50.